The molecule has 2 atom stereocenters. The molecule has 0 saturated carbocycles. The molecule has 0 aromatic heterocycles. The number of carboxylic acids is 1. The van der Waals surface area contributed by atoms with Crippen molar-refractivity contribution in [1.82, 2.24) is 4.90 Å². The Morgan fingerprint density at radius 1 is 1.57 bits per heavy atom. The Balaban J connectivity index is 2.28. The van der Waals surface area contributed by atoms with Crippen LogP contribution in [0, 0.1) is 16.0 Å². The number of piperidine rings is 1. The molecular formula is C14H17ClN2O4. The van der Waals surface area contributed by atoms with Gasteiger partial charge in [-0.1, -0.05) is 18.5 Å². The van der Waals surface area contributed by atoms with Crippen molar-refractivity contribution in [3.8, 4) is 0 Å². The summed E-state index contributed by atoms with van der Waals surface area (Å²) in [7, 11) is 0. The minimum Gasteiger partial charge on any atom is -0.480 e. The zero-order valence-electron chi connectivity index (χ0n) is 11.7. The van der Waals surface area contributed by atoms with Crippen molar-refractivity contribution in [3.63, 3.8) is 0 Å². The van der Waals surface area contributed by atoms with Gasteiger partial charge in [0.25, 0.3) is 5.69 Å². The maximum absolute atomic E-state index is 11.4. The number of nitrogens with zero attached hydrogens (tertiary/aromatic N) is 2. The molecule has 0 spiro atoms. The summed E-state index contributed by atoms with van der Waals surface area (Å²) in [6.45, 7) is 2.77. The minimum absolute atomic E-state index is 0.0302. The van der Waals surface area contributed by atoms with Crippen LogP contribution in [-0.2, 0) is 11.3 Å². The lowest BCUT2D eigenvalue weighted by molar-refractivity contribution is -0.385. The molecule has 1 aromatic carbocycles. The molecule has 7 heteroatoms. The fraction of sp³-hybridized carbons (Fsp3) is 0.500. The zero-order valence-corrected chi connectivity index (χ0v) is 12.4. The van der Waals surface area contributed by atoms with Gasteiger partial charge in [0.2, 0.25) is 0 Å². The van der Waals surface area contributed by atoms with Crippen LogP contribution in [-0.4, -0.2) is 33.5 Å². The molecule has 114 valence electrons. The second-order valence-corrected chi connectivity index (χ2v) is 5.84. The van der Waals surface area contributed by atoms with E-state index in [1.165, 1.54) is 6.07 Å². The fourth-order valence-electron chi connectivity index (χ4n) is 2.91. The van der Waals surface area contributed by atoms with Crippen molar-refractivity contribution in [3.05, 3.63) is 38.9 Å². The lowest BCUT2D eigenvalue weighted by Gasteiger charge is -2.37. The highest BCUT2D eigenvalue weighted by molar-refractivity contribution is 6.30. The van der Waals surface area contributed by atoms with Gasteiger partial charge in [-0.15, -0.1) is 0 Å². The van der Waals surface area contributed by atoms with Gasteiger partial charge >= 0.3 is 5.97 Å². The summed E-state index contributed by atoms with van der Waals surface area (Å²) in [5.41, 5.74) is 0.426. The van der Waals surface area contributed by atoms with E-state index in [1.54, 1.807) is 17.0 Å². The third-order valence-electron chi connectivity index (χ3n) is 3.91. The van der Waals surface area contributed by atoms with E-state index in [-0.39, 0.29) is 18.2 Å². The maximum Gasteiger partial charge on any atom is 0.321 e. The third kappa shape index (κ3) is 3.51. The maximum atomic E-state index is 11.4. The van der Waals surface area contributed by atoms with Gasteiger partial charge in [0.05, 0.1) is 4.92 Å². The summed E-state index contributed by atoms with van der Waals surface area (Å²) in [4.78, 5) is 23.9. The predicted octanol–water partition coefficient (Wildman–Crippen LogP) is 2.93. The smallest absolute Gasteiger partial charge is 0.321 e. The Kier molecular flexibility index (Phi) is 4.80. The number of carboxylic acid groups (broad SMARTS) is 1. The van der Waals surface area contributed by atoms with Crippen LogP contribution in [0.4, 0.5) is 5.69 Å². The fourth-order valence-corrected chi connectivity index (χ4v) is 3.08. The Morgan fingerprint density at radius 3 is 2.90 bits per heavy atom. The lowest BCUT2D eigenvalue weighted by Crippen LogP contribution is -2.48. The number of halogens is 1. The molecule has 1 heterocycles. The van der Waals surface area contributed by atoms with Gasteiger partial charge in [-0.3, -0.25) is 19.8 Å². The normalized spacial score (nSPS) is 23.0. The second-order valence-electron chi connectivity index (χ2n) is 5.40. The van der Waals surface area contributed by atoms with Crippen molar-refractivity contribution in [2.45, 2.75) is 32.4 Å². The van der Waals surface area contributed by atoms with Gasteiger partial charge in [0.1, 0.15) is 6.04 Å². The number of nitro groups is 1. The standard InChI is InChI=1S/C14H17ClN2O4/c1-9-3-2-6-16(13(9)14(18)19)8-10-4-5-11(15)7-12(10)17(20)21/h4-5,7,9,13H,2-3,6,8H2,1H3,(H,18,19). The van der Waals surface area contributed by atoms with Crippen LogP contribution in [0.25, 0.3) is 0 Å². The molecule has 0 aliphatic carbocycles. The molecule has 1 aromatic rings. The van der Waals surface area contributed by atoms with Crippen LogP contribution in [0.1, 0.15) is 25.3 Å². The second kappa shape index (κ2) is 6.41. The van der Waals surface area contributed by atoms with Gasteiger partial charge in [-0.2, -0.15) is 0 Å². The predicted molar refractivity (Wildman–Crippen MR) is 78.3 cm³/mol. The van der Waals surface area contributed by atoms with Crippen molar-refractivity contribution >= 4 is 23.3 Å². The van der Waals surface area contributed by atoms with E-state index in [0.717, 1.165) is 12.8 Å². The molecule has 0 bridgehead atoms. The summed E-state index contributed by atoms with van der Waals surface area (Å²) >= 11 is 5.79. The Hall–Kier alpha value is -1.66. The Bertz CT molecular complexity index is 564. The Labute approximate surface area is 127 Å². The largest absolute Gasteiger partial charge is 0.480 e. The molecule has 0 amide bonds. The summed E-state index contributed by atoms with van der Waals surface area (Å²) in [5, 5.41) is 20.8. The number of likely N-dealkylation sites (tertiary alicyclic amines) is 1. The van der Waals surface area contributed by atoms with Gasteiger partial charge in [-0.25, -0.2) is 0 Å². The number of aliphatic carboxylic acids is 1. The van der Waals surface area contributed by atoms with E-state index in [0.29, 0.717) is 17.1 Å². The van der Waals surface area contributed by atoms with E-state index in [2.05, 4.69) is 0 Å². The first-order valence-corrected chi connectivity index (χ1v) is 7.17. The summed E-state index contributed by atoms with van der Waals surface area (Å²) < 4.78 is 0. The molecule has 2 rings (SSSR count). The van der Waals surface area contributed by atoms with Gasteiger partial charge in [-0.05, 0) is 37.4 Å². The summed E-state index contributed by atoms with van der Waals surface area (Å²) in [6, 6.07) is 3.89. The highest BCUT2D eigenvalue weighted by Crippen LogP contribution is 2.29. The summed E-state index contributed by atoms with van der Waals surface area (Å²) in [6.07, 6.45) is 1.75. The number of hydrogen-bond donors (Lipinski definition) is 1. The topological polar surface area (TPSA) is 83.7 Å². The van der Waals surface area contributed by atoms with Crippen molar-refractivity contribution in [1.29, 1.82) is 0 Å². The molecule has 1 N–H and O–H groups in total. The number of hydrogen-bond acceptors (Lipinski definition) is 4. The zero-order chi connectivity index (χ0) is 15.6. The van der Waals surface area contributed by atoms with Crippen molar-refractivity contribution < 1.29 is 14.8 Å². The first-order chi connectivity index (χ1) is 9.90. The lowest BCUT2D eigenvalue weighted by atomic mass is 9.90. The first-order valence-electron chi connectivity index (χ1n) is 6.80. The highest BCUT2D eigenvalue weighted by atomic mass is 35.5. The molecule has 6 nitrogen and oxygen atoms in total. The quantitative estimate of drug-likeness (QED) is 0.682. The number of benzene rings is 1. The van der Waals surface area contributed by atoms with Crippen LogP contribution in [0.2, 0.25) is 5.02 Å². The molecule has 21 heavy (non-hydrogen) atoms. The Morgan fingerprint density at radius 2 is 2.29 bits per heavy atom. The number of rotatable bonds is 4. The summed E-state index contributed by atoms with van der Waals surface area (Å²) in [5.74, 6) is -0.846. The molecule has 1 saturated heterocycles. The average Bonchev–Trinajstić information content (AvgIpc) is 2.40. The number of carbonyl (C=O) groups is 1. The minimum atomic E-state index is -0.876. The van der Waals surface area contributed by atoms with Gasteiger partial charge in [0.15, 0.2) is 0 Å². The molecule has 1 aliphatic rings. The van der Waals surface area contributed by atoms with E-state index in [4.69, 9.17) is 11.6 Å². The van der Waals surface area contributed by atoms with Gasteiger partial charge in [0, 0.05) is 23.2 Å². The van der Waals surface area contributed by atoms with Gasteiger partial charge < -0.3 is 5.11 Å². The van der Waals surface area contributed by atoms with Crippen LogP contribution >= 0.6 is 11.6 Å². The van der Waals surface area contributed by atoms with E-state index >= 15 is 0 Å². The average molecular weight is 313 g/mol. The van der Waals surface area contributed by atoms with Crippen molar-refractivity contribution in [2.75, 3.05) is 6.54 Å². The van der Waals surface area contributed by atoms with Crippen LogP contribution < -0.4 is 0 Å². The third-order valence-corrected chi connectivity index (χ3v) is 4.14. The van der Waals surface area contributed by atoms with E-state index in [9.17, 15) is 20.0 Å². The van der Waals surface area contributed by atoms with E-state index in [1.807, 2.05) is 6.92 Å². The monoisotopic (exact) mass is 312 g/mol. The van der Waals surface area contributed by atoms with Crippen LogP contribution in [0.15, 0.2) is 18.2 Å². The molecule has 1 fully saturated rings. The molecule has 0 radical (unpaired) electrons. The van der Waals surface area contributed by atoms with Crippen LogP contribution in [0.3, 0.4) is 0 Å². The van der Waals surface area contributed by atoms with E-state index < -0.39 is 16.9 Å². The highest BCUT2D eigenvalue weighted by Gasteiger charge is 2.35. The molecule has 2 unspecified atom stereocenters. The molecular weight excluding hydrogens is 296 g/mol. The first kappa shape index (κ1) is 15.7. The van der Waals surface area contributed by atoms with Crippen molar-refractivity contribution in [2.24, 2.45) is 5.92 Å². The SMILES string of the molecule is CC1CCCN(Cc2ccc(Cl)cc2[N+](=O)[O-])C1C(=O)O. The number of nitro benzene ring substituents is 1. The van der Waals surface area contributed by atoms with Crippen LogP contribution in [0.5, 0.6) is 0 Å². The molecule has 1 aliphatic heterocycles.